The van der Waals surface area contributed by atoms with Crippen molar-refractivity contribution in [3.63, 3.8) is 0 Å². The molecule has 2 fully saturated rings. The van der Waals surface area contributed by atoms with Gasteiger partial charge in [-0.1, -0.05) is 18.2 Å². The van der Waals surface area contributed by atoms with Gasteiger partial charge in [0.1, 0.15) is 5.75 Å². The van der Waals surface area contributed by atoms with Crippen molar-refractivity contribution < 1.29 is 14.6 Å². The average molecular weight is 289 g/mol. The zero-order chi connectivity index (χ0) is 14.7. The maximum Gasteiger partial charge on any atom is 0.225 e. The second-order valence-corrected chi connectivity index (χ2v) is 6.18. The number of hydrogen-bond donors (Lipinski definition) is 2. The molecular weight excluding hydrogens is 266 g/mol. The first kappa shape index (κ1) is 14.4. The first-order chi connectivity index (χ1) is 10.2. The number of para-hydroxylation sites is 1. The molecule has 4 heteroatoms. The molecule has 2 saturated carbocycles. The largest absolute Gasteiger partial charge is 0.493 e. The second-order valence-electron chi connectivity index (χ2n) is 6.18. The Kier molecular flexibility index (Phi) is 4.44. The lowest BCUT2D eigenvalue weighted by atomic mass is 10.1. The van der Waals surface area contributed by atoms with Crippen LogP contribution in [0.3, 0.4) is 0 Å². The minimum atomic E-state index is -0.480. The summed E-state index contributed by atoms with van der Waals surface area (Å²) in [6.07, 6.45) is 4.50. The fourth-order valence-corrected chi connectivity index (χ4v) is 2.84. The minimum absolute atomic E-state index is 0.0444. The monoisotopic (exact) mass is 289 g/mol. The Morgan fingerprint density at radius 3 is 2.76 bits per heavy atom. The molecular formula is C17H23NO3. The van der Waals surface area contributed by atoms with Crippen LogP contribution in [0.5, 0.6) is 5.75 Å². The summed E-state index contributed by atoms with van der Waals surface area (Å²) in [6.45, 7) is 1.23. The molecule has 1 aromatic rings. The summed E-state index contributed by atoms with van der Waals surface area (Å²) in [7, 11) is 0. The van der Waals surface area contributed by atoms with Gasteiger partial charge in [0.25, 0.3) is 0 Å². The molecule has 114 valence electrons. The first-order valence-corrected chi connectivity index (χ1v) is 7.90. The van der Waals surface area contributed by atoms with Crippen molar-refractivity contribution >= 4 is 5.91 Å². The average Bonchev–Trinajstić information content (AvgIpc) is 3.23. The van der Waals surface area contributed by atoms with Crippen LogP contribution in [0.15, 0.2) is 24.3 Å². The standard InChI is InChI=1S/C17H23NO3/c19-15-6-3-5-14(15)17(20)18-10-13-4-1-2-7-16(13)21-11-12-8-9-12/h1-2,4,7,12,14-15,19H,3,5-6,8-11H2,(H,18,20). The number of carbonyl (C=O) groups excluding carboxylic acids is 1. The van der Waals surface area contributed by atoms with E-state index in [2.05, 4.69) is 5.32 Å². The molecule has 2 unspecified atom stereocenters. The summed E-state index contributed by atoms with van der Waals surface area (Å²) < 4.78 is 5.84. The van der Waals surface area contributed by atoms with Gasteiger partial charge in [-0.2, -0.15) is 0 Å². The first-order valence-electron chi connectivity index (χ1n) is 7.90. The van der Waals surface area contributed by atoms with E-state index in [1.165, 1.54) is 12.8 Å². The molecule has 0 aromatic heterocycles. The second kappa shape index (κ2) is 6.48. The molecule has 0 bridgehead atoms. The van der Waals surface area contributed by atoms with Gasteiger partial charge in [0, 0.05) is 12.1 Å². The van der Waals surface area contributed by atoms with Gasteiger partial charge in [-0.25, -0.2) is 0 Å². The zero-order valence-corrected chi connectivity index (χ0v) is 12.3. The van der Waals surface area contributed by atoms with Crippen molar-refractivity contribution in [3.8, 4) is 5.75 Å². The van der Waals surface area contributed by atoms with Crippen LogP contribution in [0.2, 0.25) is 0 Å². The fourth-order valence-electron chi connectivity index (χ4n) is 2.84. The van der Waals surface area contributed by atoms with Gasteiger partial charge < -0.3 is 15.2 Å². The fraction of sp³-hybridized carbons (Fsp3) is 0.588. The van der Waals surface area contributed by atoms with Gasteiger partial charge in [-0.3, -0.25) is 4.79 Å². The Labute approximate surface area is 125 Å². The van der Waals surface area contributed by atoms with Crippen molar-refractivity contribution in [1.29, 1.82) is 0 Å². The molecule has 0 radical (unpaired) electrons. The van der Waals surface area contributed by atoms with E-state index in [1.54, 1.807) is 0 Å². The van der Waals surface area contributed by atoms with Crippen molar-refractivity contribution in [1.82, 2.24) is 5.32 Å². The Hall–Kier alpha value is -1.55. The van der Waals surface area contributed by atoms with E-state index >= 15 is 0 Å². The van der Waals surface area contributed by atoms with Crippen molar-refractivity contribution in [3.05, 3.63) is 29.8 Å². The molecule has 1 aromatic carbocycles. The highest BCUT2D eigenvalue weighted by atomic mass is 16.5. The lowest BCUT2D eigenvalue weighted by Crippen LogP contribution is -2.34. The summed E-state index contributed by atoms with van der Waals surface area (Å²) in [6, 6.07) is 7.84. The number of aliphatic hydroxyl groups excluding tert-OH is 1. The maximum absolute atomic E-state index is 12.1. The highest BCUT2D eigenvalue weighted by Gasteiger charge is 2.31. The Morgan fingerprint density at radius 1 is 1.24 bits per heavy atom. The van der Waals surface area contributed by atoms with Gasteiger partial charge in [-0.15, -0.1) is 0 Å². The third-order valence-electron chi connectivity index (χ3n) is 4.41. The van der Waals surface area contributed by atoms with E-state index < -0.39 is 6.10 Å². The van der Waals surface area contributed by atoms with Crippen molar-refractivity contribution in [2.45, 2.75) is 44.8 Å². The van der Waals surface area contributed by atoms with Crippen LogP contribution in [0.4, 0.5) is 0 Å². The van der Waals surface area contributed by atoms with E-state index in [-0.39, 0.29) is 11.8 Å². The minimum Gasteiger partial charge on any atom is -0.493 e. The predicted molar refractivity (Wildman–Crippen MR) is 79.9 cm³/mol. The molecule has 2 aliphatic carbocycles. The number of carbonyl (C=O) groups is 1. The molecule has 0 spiro atoms. The molecule has 2 atom stereocenters. The predicted octanol–water partition coefficient (Wildman–Crippen LogP) is 2.25. The van der Waals surface area contributed by atoms with Crippen LogP contribution in [0.1, 0.15) is 37.7 Å². The topological polar surface area (TPSA) is 58.6 Å². The number of hydrogen-bond acceptors (Lipinski definition) is 3. The van der Waals surface area contributed by atoms with Crippen LogP contribution >= 0.6 is 0 Å². The lowest BCUT2D eigenvalue weighted by molar-refractivity contribution is -0.127. The van der Waals surface area contributed by atoms with Gasteiger partial charge in [-0.05, 0) is 44.1 Å². The highest BCUT2D eigenvalue weighted by molar-refractivity contribution is 5.79. The van der Waals surface area contributed by atoms with Gasteiger partial charge >= 0.3 is 0 Å². The number of amides is 1. The normalized spacial score (nSPS) is 24.8. The number of nitrogens with one attached hydrogen (secondary N) is 1. The van der Waals surface area contributed by atoms with E-state index in [9.17, 15) is 9.90 Å². The van der Waals surface area contributed by atoms with Crippen LogP contribution in [0, 0.1) is 11.8 Å². The summed E-state index contributed by atoms with van der Waals surface area (Å²) in [5.74, 6) is 1.28. The van der Waals surface area contributed by atoms with Crippen LogP contribution in [-0.2, 0) is 11.3 Å². The SMILES string of the molecule is O=C(NCc1ccccc1OCC1CC1)C1CCCC1O. The Morgan fingerprint density at radius 2 is 2.05 bits per heavy atom. The third kappa shape index (κ3) is 3.76. The quantitative estimate of drug-likeness (QED) is 0.844. The van der Waals surface area contributed by atoms with Gasteiger partial charge in [0.05, 0.1) is 18.6 Å². The van der Waals surface area contributed by atoms with Gasteiger partial charge in [0.2, 0.25) is 5.91 Å². The van der Waals surface area contributed by atoms with Gasteiger partial charge in [0.15, 0.2) is 0 Å². The van der Waals surface area contributed by atoms with E-state index in [0.29, 0.717) is 12.5 Å². The zero-order valence-electron chi connectivity index (χ0n) is 12.3. The molecule has 0 aliphatic heterocycles. The molecule has 0 saturated heterocycles. The molecule has 21 heavy (non-hydrogen) atoms. The van der Waals surface area contributed by atoms with Crippen LogP contribution in [0.25, 0.3) is 0 Å². The maximum atomic E-state index is 12.1. The molecule has 1 amide bonds. The van der Waals surface area contributed by atoms with E-state index in [4.69, 9.17) is 4.74 Å². The summed E-state index contributed by atoms with van der Waals surface area (Å²) >= 11 is 0. The highest BCUT2D eigenvalue weighted by Crippen LogP contribution is 2.30. The Balaban J connectivity index is 1.55. The van der Waals surface area contributed by atoms with Crippen LogP contribution < -0.4 is 10.1 Å². The number of ether oxygens (including phenoxy) is 1. The summed E-state index contributed by atoms with van der Waals surface area (Å²) in [5.41, 5.74) is 0.999. The molecule has 4 nitrogen and oxygen atoms in total. The van der Waals surface area contributed by atoms with Crippen LogP contribution in [-0.4, -0.2) is 23.7 Å². The number of benzene rings is 1. The molecule has 2 N–H and O–H groups in total. The third-order valence-corrected chi connectivity index (χ3v) is 4.41. The number of rotatable bonds is 6. The summed E-state index contributed by atoms with van der Waals surface area (Å²) in [5, 5.41) is 12.7. The lowest BCUT2D eigenvalue weighted by Gasteiger charge is -2.16. The molecule has 0 heterocycles. The van der Waals surface area contributed by atoms with Crippen molar-refractivity contribution in [2.24, 2.45) is 11.8 Å². The Bertz CT molecular complexity index is 499. The molecule has 2 aliphatic rings. The smallest absolute Gasteiger partial charge is 0.225 e. The van der Waals surface area contributed by atoms with Crippen molar-refractivity contribution in [2.75, 3.05) is 6.61 Å². The van der Waals surface area contributed by atoms with E-state index in [0.717, 1.165) is 37.2 Å². The summed E-state index contributed by atoms with van der Waals surface area (Å²) in [4.78, 5) is 12.1. The van der Waals surface area contributed by atoms with E-state index in [1.807, 2.05) is 24.3 Å². The molecule has 3 rings (SSSR count). The number of aliphatic hydroxyl groups is 1.